The summed E-state index contributed by atoms with van der Waals surface area (Å²) in [4.78, 5) is 4.59. The molecule has 0 N–H and O–H groups in total. The van der Waals surface area contributed by atoms with Crippen LogP contribution in [0.15, 0.2) is 133 Å². The number of aryl methyl sites for hydroxylation is 2. The van der Waals surface area contributed by atoms with Gasteiger partial charge >= 0.3 is 0 Å². The quantitative estimate of drug-likeness (QED) is 0.229. The molecule has 38 heavy (non-hydrogen) atoms. The Hall–Kier alpha value is -4.30. The Balaban J connectivity index is 0.000000956. The van der Waals surface area contributed by atoms with E-state index in [0.29, 0.717) is 0 Å². The molecule has 0 aliphatic heterocycles. The van der Waals surface area contributed by atoms with E-state index in [-0.39, 0.29) is 0 Å². The summed E-state index contributed by atoms with van der Waals surface area (Å²) in [6.07, 6.45) is 0. The highest BCUT2D eigenvalue weighted by Gasteiger charge is 2.15. The molecule has 0 heterocycles. The smallest absolute Gasteiger partial charge is 0.0463 e. The Labute approximate surface area is 229 Å². The first-order valence-electron chi connectivity index (χ1n) is 13.6. The molecule has 2 heteroatoms. The van der Waals surface area contributed by atoms with Crippen LogP contribution in [-0.4, -0.2) is 0 Å². The van der Waals surface area contributed by atoms with Crippen LogP contribution in [0.1, 0.15) is 38.8 Å². The van der Waals surface area contributed by atoms with Crippen LogP contribution in [0.25, 0.3) is 0 Å². The first kappa shape index (κ1) is 28.3. The van der Waals surface area contributed by atoms with Crippen LogP contribution in [0, 0.1) is 13.8 Å². The lowest BCUT2D eigenvalue weighted by molar-refractivity contribution is 1.25. The molecule has 0 spiro atoms. The second-order valence-corrected chi connectivity index (χ2v) is 8.53. The van der Waals surface area contributed by atoms with Gasteiger partial charge in [0.1, 0.15) is 0 Å². The van der Waals surface area contributed by atoms with Gasteiger partial charge in [-0.1, -0.05) is 99.5 Å². The first-order valence-corrected chi connectivity index (χ1v) is 13.6. The third kappa shape index (κ3) is 6.92. The lowest BCUT2D eigenvalue weighted by atomic mass is 10.1. The fourth-order valence-corrected chi connectivity index (χ4v) is 4.19. The van der Waals surface area contributed by atoms with E-state index in [1.807, 2.05) is 27.7 Å². The van der Waals surface area contributed by atoms with E-state index in [0.717, 1.165) is 34.1 Å². The number of para-hydroxylation sites is 2. The normalized spacial score (nSPS) is 9.84. The molecular formula is C36H40N2. The maximum absolute atomic E-state index is 2.29. The van der Waals surface area contributed by atoms with Gasteiger partial charge < -0.3 is 9.80 Å². The predicted octanol–water partition coefficient (Wildman–Crippen LogP) is 11.3. The van der Waals surface area contributed by atoms with Crippen molar-refractivity contribution in [3.05, 3.63) is 145 Å². The average Bonchev–Trinajstić information content (AvgIpc) is 2.99. The van der Waals surface area contributed by atoms with Gasteiger partial charge in [-0.05, 0) is 86.6 Å². The summed E-state index contributed by atoms with van der Waals surface area (Å²) in [5, 5.41) is 0. The average molecular weight is 501 g/mol. The van der Waals surface area contributed by atoms with Crippen molar-refractivity contribution in [1.29, 1.82) is 0 Å². The van der Waals surface area contributed by atoms with Crippen molar-refractivity contribution in [2.75, 3.05) is 9.80 Å². The second kappa shape index (κ2) is 14.4. The zero-order valence-electron chi connectivity index (χ0n) is 23.6. The molecule has 194 valence electrons. The topological polar surface area (TPSA) is 6.48 Å². The summed E-state index contributed by atoms with van der Waals surface area (Å²) in [6, 6.07) is 47.2. The minimum Gasteiger partial charge on any atom is -0.311 e. The summed E-state index contributed by atoms with van der Waals surface area (Å²) < 4.78 is 0. The maximum atomic E-state index is 2.29. The molecule has 0 fully saturated rings. The van der Waals surface area contributed by atoms with Gasteiger partial charge in [0.15, 0.2) is 0 Å². The van der Waals surface area contributed by atoms with Gasteiger partial charge in [-0.3, -0.25) is 0 Å². The van der Waals surface area contributed by atoms with Crippen molar-refractivity contribution in [3.63, 3.8) is 0 Å². The van der Waals surface area contributed by atoms with Crippen LogP contribution in [-0.2, 0) is 0 Å². The molecule has 0 amide bonds. The lowest BCUT2D eigenvalue weighted by Crippen LogP contribution is -2.12. The Bertz CT molecular complexity index is 1220. The standard InChI is InChI=1S/C32H28N2.2C2H6/c1-25-13-17-29(18-14-25)33(27-9-5-3-6-10-27)31-21-23-32(24-22-31)34(28-11-7-4-8-12-28)30-19-15-26(2)16-20-30;2*1-2/h3-24H,1-2H3;2*1-2H3. The van der Waals surface area contributed by atoms with Crippen molar-refractivity contribution in [2.45, 2.75) is 41.5 Å². The molecule has 0 aliphatic carbocycles. The maximum Gasteiger partial charge on any atom is 0.0463 e. The number of hydrogen-bond donors (Lipinski definition) is 0. The Morgan fingerprint density at radius 3 is 0.763 bits per heavy atom. The second-order valence-electron chi connectivity index (χ2n) is 8.53. The summed E-state index contributed by atoms with van der Waals surface area (Å²) in [7, 11) is 0. The summed E-state index contributed by atoms with van der Waals surface area (Å²) >= 11 is 0. The van der Waals surface area contributed by atoms with E-state index in [1.165, 1.54) is 11.1 Å². The van der Waals surface area contributed by atoms with Gasteiger partial charge in [0.25, 0.3) is 0 Å². The molecule has 0 atom stereocenters. The van der Waals surface area contributed by atoms with Gasteiger partial charge in [-0.25, -0.2) is 0 Å². The summed E-state index contributed by atoms with van der Waals surface area (Å²) in [6.45, 7) is 12.2. The molecule has 5 aromatic rings. The van der Waals surface area contributed by atoms with Crippen molar-refractivity contribution in [3.8, 4) is 0 Å². The minimum absolute atomic E-state index is 1.12. The zero-order valence-corrected chi connectivity index (χ0v) is 23.6. The highest BCUT2D eigenvalue weighted by atomic mass is 15.2. The fraction of sp³-hybridized carbons (Fsp3) is 0.167. The highest BCUT2D eigenvalue weighted by Crippen LogP contribution is 2.38. The molecular weight excluding hydrogens is 460 g/mol. The number of hydrogen-bond acceptors (Lipinski definition) is 2. The Morgan fingerprint density at radius 1 is 0.289 bits per heavy atom. The van der Waals surface area contributed by atoms with Gasteiger partial charge in [0, 0.05) is 34.1 Å². The molecule has 0 unspecified atom stereocenters. The molecule has 2 nitrogen and oxygen atoms in total. The van der Waals surface area contributed by atoms with E-state index in [4.69, 9.17) is 0 Å². The molecule has 5 aromatic carbocycles. The highest BCUT2D eigenvalue weighted by molar-refractivity contribution is 5.81. The lowest BCUT2D eigenvalue weighted by Gasteiger charge is -2.28. The van der Waals surface area contributed by atoms with Crippen LogP contribution in [0.3, 0.4) is 0 Å². The number of nitrogens with zero attached hydrogens (tertiary/aromatic N) is 2. The molecule has 0 saturated carbocycles. The molecule has 0 aliphatic rings. The van der Waals surface area contributed by atoms with Crippen LogP contribution in [0.5, 0.6) is 0 Å². The monoisotopic (exact) mass is 500 g/mol. The van der Waals surface area contributed by atoms with E-state index >= 15 is 0 Å². The van der Waals surface area contributed by atoms with Crippen molar-refractivity contribution < 1.29 is 0 Å². The first-order chi connectivity index (χ1) is 18.7. The van der Waals surface area contributed by atoms with E-state index in [2.05, 4.69) is 157 Å². The number of anilines is 6. The molecule has 0 aromatic heterocycles. The minimum atomic E-state index is 1.12. The van der Waals surface area contributed by atoms with Gasteiger partial charge in [0.05, 0.1) is 0 Å². The Kier molecular flexibility index (Phi) is 10.7. The zero-order chi connectivity index (χ0) is 27.3. The van der Waals surface area contributed by atoms with Gasteiger partial charge in [-0.15, -0.1) is 0 Å². The number of rotatable bonds is 6. The van der Waals surface area contributed by atoms with Crippen LogP contribution >= 0.6 is 0 Å². The predicted molar refractivity (Wildman–Crippen MR) is 168 cm³/mol. The van der Waals surface area contributed by atoms with Gasteiger partial charge in [-0.2, -0.15) is 0 Å². The summed E-state index contributed by atoms with van der Waals surface area (Å²) in [5.74, 6) is 0. The fourth-order valence-electron chi connectivity index (χ4n) is 4.19. The van der Waals surface area contributed by atoms with Crippen molar-refractivity contribution >= 4 is 34.1 Å². The van der Waals surface area contributed by atoms with Crippen LogP contribution in [0.4, 0.5) is 34.1 Å². The third-order valence-electron chi connectivity index (χ3n) is 5.98. The van der Waals surface area contributed by atoms with Crippen LogP contribution < -0.4 is 9.80 Å². The molecule has 5 rings (SSSR count). The van der Waals surface area contributed by atoms with E-state index < -0.39 is 0 Å². The van der Waals surface area contributed by atoms with Crippen LogP contribution in [0.2, 0.25) is 0 Å². The SMILES string of the molecule is CC.CC.Cc1ccc(N(c2ccccc2)c2ccc(N(c3ccccc3)c3ccc(C)cc3)cc2)cc1. The molecule has 0 bridgehead atoms. The van der Waals surface area contributed by atoms with Gasteiger partial charge in [0.2, 0.25) is 0 Å². The third-order valence-corrected chi connectivity index (χ3v) is 5.98. The Morgan fingerprint density at radius 2 is 0.500 bits per heavy atom. The van der Waals surface area contributed by atoms with E-state index in [1.54, 1.807) is 0 Å². The summed E-state index contributed by atoms with van der Waals surface area (Å²) in [5.41, 5.74) is 9.31. The van der Waals surface area contributed by atoms with E-state index in [9.17, 15) is 0 Å². The molecule has 0 radical (unpaired) electrons. The van der Waals surface area contributed by atoms with Crippen molar-refractivity contribution in [2.24, 2.45) is 0 Å². The molecule has 0 saturated heterocycles. The largest absolute Gasteiger partial charge is 0.311 e. The van der Waals surface area contributed by atoms with Crippen molar-refractivity contribution in [1.82, 2.24) is 0 Å². The number of benzene rings is 5.